The molecule has 1 atom stereocenters. The number of hydrogen-bond acceptors (Lipinski definition) is 5. The maximum atomic E-state index is 12.0. The lowest BCUT2D eigenvalue weighted by Gasteiger charge is -2.25. The Labute approximate surface area is 145 Å². The highest BCUT2D eigenvalue weighted by atomic mass is 35.6. The van der Waals surface area contributed by atoms with Crippen molar-refractivity contribution in [3.05, 3.63) is 58.5 Å². The van der Waals surface area contributed by atoms with Crippen molar-refractivity contribution in [1.82, 2.24) is 5.32 Å². The Kier molecular flexibility index (Phi) is 5.35. The van der Waals surface area contributed by atoms with E-state index in [0.29, 0.717) is 0 Å². The number of nitro groups is 1. The molecule has 0 saturated carbocycles. The predicted octanol–water partition coefficient (Wildman–Crippen LogP) is 3.69. The number of furan rings is 1. The van der Waals surface area contributed by atoms with E-state index in [2.05, 4.69) is 5.32 Å². The van der Waals surface area contributed by atoms with Gasteiger partial charge in [0, 0.05) is 6.07 Å². The summed E-state index contributed by atoms with van der Waals surface area (Å²) in [6.45, 7) is 0. The molecule has 1 heterocycles. The normalized spacial score (nSPS) is 12.5. The highest BCUT2D eigenvalue weighted by Crippen LogP contribution is 2.32. The third kappa shape index (κ3) is 4.75. The molecule has 0 fully saturated rings. The van der Waals surface area contributed by atoms with E-state index in [-0.39, 0.29) is 17.2 Å². The molecule has 122 valence electrons. The van der Waals surface area contributed by atoms with Gasteiger partial charge in [0.05, 0.1) is 17.3 Å². The van der Waals surface area contributed by atoms with Crippen molar-refractivity contribution in [3.8, 4) is 5.75 Å². The van der Waals surface area contributed by atoms with Crippen molar-refractivity contribution in [3.63, 3.8) is 0 Å². The maximum Gasteiger partial charge on any atom is 0.289 e. The van der Waals surface area contributed by atoms with E-state index in [0.717, 1.165) is 6.07 Å². The van der Waals surface area contributed by atoms with Gasteiger partial charge in [-0.05, 0) is 18.2 Å². The lowest BCUT2D eigenvalue weighted by atomic mass is 10.3. The first-order chi connectivity index (χ1) is 10.8. The zero-order valence-electron chi connectivity index (χ0n) is 11.2. The summed E-state index contributed by atoms with van der Waals surface area (Å²) in [7, 11) is 0. The number of carbonyl (C=O) groups excluding carboxylic acids is 1. The Morgan fingerprint density at radius 3 is 2.61 bits per heavy atom. The monoisotopic (exact) mass is 378 g/mol. The van der Waals surface area contributed by atoms with Gasteiger partial charge in [-0.1, -0.05) is 40.9 Å². The second-order valence-corrected chi connectivity index (χ2v) is 6.61. The Balaban J connectivity index is 2.18. The SMILES string of the molecule is O=C(N[C@H](Oc1cccc([N+](=O)[O-])c1)C(Cl)(Cl)Cl)c1ccco1. The lowest BCUT2D eigenvalue weighted by molar-refractivity contribution is -0.384. The van der Waals surface area contributed by atoms with E-state index in [1.54, 1.807) is 0 Å². The zero-order valence-corrected chi connectivity index (χ0v) is 13.5. The molecule has 0 saturated heterocycles. The molecule has 0 bridgehead atoms. The van der Waals surface area contributed by atoms with Gasteiger partial charge in [-0.15, -0.1) is 0 Å². The number of hydrogen-bond donors (Lipinski definition) is 1. The highest BCUT2D eigenvalue weighted by molar-refractivity contribution is 6.68. The van der Waals surface area contributed by atoms with Crippen molar-refractivity contribution in [2.24, 2.45) is 0 Å². The van der Waals surface area contributed by atoms with Gasteiger partial charge >= 0.3 is 0 Å². The van der Waals surface area contributed by atoms with E-state index in [1.807, 2.05) is 0 Å². The van der Waals surface area contributed by atoms with Crippen molar-refractivity contribution >= 4 is 46.4 Å². The van der Waals surface area contributed by atoms with Gasteiger partial charge in [0.2, 0.25) is 10.0 Å². The first-order valence-corrected chi connectivity index (χ1v) is 7.23. The number of rotatable bonds is 5. The van der Waals surface area contributed by atoms with Crippen LogP contribution in [0.15, 0.2) is 47.1 Å². The van der Waals surface area contributed by atoms with Gasteiger partial charge in [-0.2, -0.15) is 0 Å². The second kappa shape index (κ2) is 7.08. The first kappa shape index (κ1) is 17.4. The van der Waals surface area contributed by atoms with Gasteiger partial charge < -0.3 is 14.5 Å². The lowest BCUT2D eigenvalue weighted by Crippen LogP contribution is -2.47. The molecule has 0 aliphatic carbocycles. The molecule has 1 amide bonds. The van der Waals surface area contributed by atoms with E-state index in [4.69, 9.17) is 44.0 Å². The molecule has 1 aromatic carbocycles. The summed E-state index contributed by atoms with van der Waals surface area (Å²) in [5.41, 5.74) is -0.206. The number of nitro benzene ring substituents is 1. The number of benzene rings is 1. The molecular formula is C13H9Cl3N2O5. The van der Waals surface area contributed by atoms with Crippen molar-refractivity contribution in [2.75, 3.05) is 0 Å². The highest BCUT2D eigenvalue weighted by Gasteiger charge is 2.37. The number of ether oxygens (including phenoxy) is 1. The Morgan fingerprint density at radius 1 is 1.30 bits per heavy atom. The van der Waals surface area contributed by atoms with E-state index < -0.39 is 20.9 Å². The smallest absolute Gasteiger partial charge is 0.289 e. The number of halogens is 3. The quantitative estimate of drug-likeness (QED) is 0.370. The van der Waals surface area contributed by atoms with E-state index in [1.165, 1.54) is 36.6 Å². The Morgan fingerprint density at radius 2 is 2.04 bits per heavy atom. The number of non-ortho nitro benzene ring substituents is 1. The molecule has 7 nitrogen and oxygen atoms in total. The summed E-state index contributed by atoms with van der Waals surface area (Å²) in [4.78, 5) is 22.1. The summed E-state index contributed by atoms with van der Waals surface area (Å²) in [5, 5.41) is 13.1. The summed E-state index contributed by atoms with van der Waals surface area (Å²) in [6.07, 6.45) is -0.0900. The summed E-state index contributed by atoms with van der Waals surface area (Å²) < 4.78 is 8.27. The fraction of sp³-hybridized carbons (Fsp3) is 0.154. The van der Waals surface area contributed by atoms with Crippen molar-refractivity contribution in [2.45, 2.75) is 10.0 Å². The van der Waals surface area contributed by atoms with Gasteiger partial charge in [-0.25, -0.2) is 0 Å². The summed E-state index contributed by atoms with van der Waals surface area (Å²) >= 11 is 17.4. The largest absolute Gasteiger partial charge is 0.466 e. The van der Waals surface area contributed by atoms with Crippen LogP contribution in [-0.4, -0.2) is 20.9 Å². The van der Waals surface area contributed by atoms with Crippen molar-refractivity contribution in [1.29, 1.82) is 0 Å². The molecule has 2 rings (SSSR count). The number of nitrogens with one attached hydrogen (secondary N) is 1. The number of carbonyl (C=O) groups is 1. The van der Waals surface area contributed by atoms with E-state index in [9.17, 15) is 14.9 Å². The van der Waals surface area contributed by atoms with Crippen LogP contribution in [0.4, 0.5) is 5.69 Å². The van der Waals surface area contributed by atoms with Gasteiger partial charge in [0.25, 0.3) is 11.6 Å². The number of amides is 1. The summed E-state index contributed by atoms with van der Waals surface area (Å²) in [5.74, 6) is -0.626. The maximum absolute atomic E-state index is 12.0. The first-order valence-electron chi connectivity index (χ1n) is 6.09. The molecule has 0 aliphatic rings. The zero-order chi connectivity index (χ0) is 17.0. The van der Waals surface area contributed by atoms with E-state index >= 15 is 0 Å². The minimum absolute atomic E-state index is 0.00751. The molecule has 1 aromatic heterocycles. The molecule has 0 unspecified atom stereocenters. The fourth-order valence-corrected chi connectivity index (χ4v) is 1.88. The summed E-state index contributed by atoms with van der Waals surface area (Å²) in [6, 6.07) is 8.17. The van der Waals surface area contributed by atoms with Gasteiger partial charge in [-0.3, -0.25) is 14.9 Å². The van der Waals surface area contributed by atoms with Crippen LogP contribution in [0.2, 0.25) is 0 Å². The molecular weight excluding hydrogens is 371 g/mol. The molecule has 23 heavy (non-hydrogen) atoms. The standard InChI is InChI=1S/C13H9Cl3N2O5/c14-13(15,16)12(17-11(19)10-5-2-6-22-10)23-9-4-1-3-8(7-9)18(20)21/h1-7,12H,(H,17,19)/t12-/m1/s1. The Bertz CT molecular complexity index is 700. The van der Waals surface area contributed by atoms with Crippen LogP contribution in [-0.2, 0) is 0 Å². The van der Waals surface area contributed by atoms with Crippen LogP contribution in [0.3, 0.4) is 0 Å². The molecule has 2 aromatic rings. The minimum Gasteiger partial charge on any atom is -0.466 e. The van der Waals surface area contributed by atoms with Crippen LogP contribution in [0.1, 0.15) is 10.6 Å². The average molecular weight is 380 g/mol. The van der Waals surface area contributed by atoms with Crippen molar-refractivity contribution < 1.29 is 18.9 Å². The third-order valence-electron chi connectivity index (χ3n) is 2.59. The molecule has 1 N–H and O–H groups in total. The topological polar surface area (TPSA) is 94.6 Å². The van der Waals surface area contributed by atoms with Gasteiger partial charge in [0.15, 0.2) is 5.76 Å². The Hall–Kier alpha value is -1.96. The molecule has 0 spiro atoms. The van der Waals surface area contributed by atoms with Crippen LogP contribution < -0.4 is 10.1 Å². The molecule has 0 aliphatic heterocycles. The van der Waals surface area contributed by atoms with Crippen LogP contribution in [0, 0.1) is 10.1 Å². The predicted molar refractivity (Wildman–Crippen MR) is 84.0 cm³/mol. The third-order valence-corrected chi connectivity index (χ3v) is 3.18. The van der Waals surface area contributed by atoms with Crippen LogP contribution in [0.5, 0.6) is 5.75 Å². The number of nitrogens with zero attached hydrogens (tertiary/aromatic N) is 1. The minimum atomic E-state index is -2.02. The second-order valence-electron chi connectivity index (χ2n) is 4.24. The fourth-order valence-electron chi connectivity index (χ4n) is 1.58. The van der Waals surface area contributed by atoms with Gasteiger partial charge in [0.1, 0.15) is 5.75 Å². The number of alkyl halides is 3. The van der Waals surface area contributed by atoms with Crippen LogP contribution in [0.25, 0.3) is 0 Å². The molecule has 0 radical (unpaired) electrons. The average Bonchev–Trinajstić information content (AvgIpc) is 3.00. The molecule has 10 heteroatoms. The van der Waals surface area contributed by atoms with Crippen LogP contribution >= 0.6 is 34.8 Å².